The number of aromatic nitrogens is 5. The predicted octanol–water partition coefficient (Wildman–Crippen LogP) is 3.38. The molecule has 3 aromatic rings. The van der Waals surface area contributed by atoms with Gasteiger partial charge >= 0.3 is 5.69 Å². The van der Waals surface area contributed by atoms with Crippen molar-refractivity contribution in [2.75, 3.05) is 5.32 Å². The molecule has 0 fully saturated rings. The zero-order chi connectivity index (χ0) is 21.1. The zero-order valence-corrected chi connectivity index (χ0v) is 17.1. The lowest BCUT2D eigenvalue weighted by atomic mass is 10.2. The highest BCUT2D eigenvalue weighted by molar-refractivity contribution is 6.42. The Hall–Kier alpha value is -2.98. The Morgan fingerprint density at radius 1 is 1.24 bits per heavy atom. The maximum Gasteiger partial charge on any atom is 0.312 e. The first-order valence-electron chi connectivity index (χ1n) is 8.56. The maximum absolute atomic E-state index is 12.2. The number of aryl methyl sites for hydroxylation is 2. The molecule has 0 saturated heterocycles. The summed E-state index contributed by atoms with van der Waals surface area (Å²) in [7, 11) is 0. The van der Waals surface area contributed by atoms with Crippen molar-refractivity contribution in [1.82, 2.24) is 24.5 Å². The van der Waals surface area contributed by atoms with Crippen molar-refractivity contribution in [2.45, 2.75) is 33.4 Å². The van der Waals surface area contributed by atoms with Gasteiger partial charge in [0.05, 0.1) is 28.1 Å². The second kappa shape index (κ2) is 8.58. The van der Waals surface area contributed by atoms with E-state index in [9.17, 15) is 14.9 Å². The number of hydrogen-bond donors (Lipinski definition) is 1. The van der Waals surface area contributed by atoms with E-state index in [1.165, 1.54) is 11.0 Å². The molecule has 1 N–H and O–H groups in total. The molecule has 0 spiro atoms. The fourth-order valence-electron chi connectivity index (χ4n) is 2.82. The summed E-state index contributed by atoms with van der Waals surface area (Å²) in [5.74, 6) is -0.165. The number of carbonyl (C=O) groups excluding carboxylic acids is 1. The number of anilines is 1. The average molecular weight is 438 g/mol. The molecule has 29 heavy (non-hydrogen) atoms. The molecule has 12 heteroatoms. The Bertz CT molecular complexity index is 1080. The van der Waals surface area contributed by atoms with E-state index in [2.05, 4.69) is 20.5 Å². The van der Waals surface area contributed by atoms with Gasteiger partial charge in [-0.2, -0.15) is 5.10 Å². The van der Waals surface area contributed by atoms with Crippen LogP contribution in [0.5, 0.6) is 0 Å². The monoisotopic (exact) mass is 437 g/mol. The Morgan fingerprint density at radius 3 is 2.66 bits per heavy atom. The van der Waals surface area contributed by atoms with Crippen LogP contribution in [0.25, 0.3) is 0 Å². The van der Waals surface area contributed by atoms with Gasteiger partial charge in [0.15, 0.2) is 0 Å². The highest BCUT2D eigenvalue weighted by atomic mass is 35.5. The molecule has 2 heterocycles. The standard InChI is InChI=1S/C17H17Cl2N7O3/c1-10-16(26(28)29)11(2)25(22-10)6-5-15(27)21-17-20-9-24(23-17)8-12-3-4-13(18)14(19)7-12/h3-4,7,9H,5-6,8H2,1-2H3,(H,21,23,27). The van der Waals surface area contributed by atoms with E-state index < -0.39 is 4.92 Å². The molecule has 0 radical (unpaired) electrons. The molecule has 0 atom stereocenters. The van der Waals surface area contributed by atoms with E-state index in [0.717, 1.165) is 5.56 Å². The Morgan fingerprint density at radius 2 is 2.00 bits per heavy atom. The molecule has 0 aliphatic heterocycles. The molecule has 1 aromatic carbocycles. The summed E-state index contributed by atoms with van der Waals surface area (Å²) in [4.78, 5) is 26.8. The molecule has 0 aliphatic rings. The van der Waals surface area contributed by atoms with Gasteiger partial charge in [0.1, 0.15) is 17.7 Å². The van der Waals surface area contributed by atoms with Gasteiger partial charge in [0, 0.05) is 6.42 Å². The number of nitro groups is 1. The third kappa shape index (κ3) is 4.90. The molecule has 2 aromatic heterocycles. The van der Waals surface area contributed by atoms with Crippen molar-refractivity contribution in [1.29, 1.82) is 0 Å². The van der Waals surface area contributed by atoms with Crippen LogP contribution in [0.4, 0.5) is 11.6 Å². The fourth-order valence-corrected chi connectivity index (χ4v) is 3.14. The predicted molar refractivity (Wildman–Crippen MR) is 107 cm³/mol. The van der Waals surface area contributed by atoms with Gasteiger partial charge in [-0.25, -0.2) is 9.67 Å². The van der Waals surface area contributed by atoms with E-state index in [-0.39, 0.29) is 30.5 Å². The number of nitrogens with zero attached hydrogens (tertiary/aromatic N) is 6. The lowest BCUT2D eigenvalue weighted by Crippen LogP contribution is -2.16. The van der Waals surface area contributed by atoms with Crippen molar-refractivity contribution < 1.29 is 9.72 Å². The number of amides is 1. The van der Waals surface area contributed by atoms with Gasteiger partial charge in [-0.3, -0.25) is 24.9 Å². The number of hydrogen-bond acceptors (Lipinski definition) is 6. The summed E-state index contributed by atoms with van der Waals surface area (Å²) in [5, 5.41) is 22.9. The summed E-state index contributed by atoms with van der Waals surface area (Å²) in [6, 6.07) is 5.25. The third-order valence-corrected chi connectivity index (χ3v) is 4.93. The van der Waals surface area contributed by atoms with Crippen LogP contribution in [0.3, 0.4) is 0 Å². The third-order valence-electron chi connectivity index (χ3n) is 4.19. The van der Waals surface area contributed by atoms with Crippen molar-refractivity contribution in [2.24, 2.45) is 0 Å². The Labute approximate surface area is 175 Å². The van der Waals surface area contributed by atoms with Crippen LogP contribution >= 0.6 is 23.2 Å². The van der Waals surface area contributed by atoms with Crippen LogP contribution in [-0.4, -0.2) is 35.4 Å². The second-order valence-corrected chi connectivity index (χ2v) is 7.13. The number of halogens is 2. The van der Waals surface area contributed by atoms with Crippen LogP contribution < -0.4 is 5.32 Å². The molecule has 0 unspecified atom stereocenters. The van der Waals surface area contributed by atoms with Gasteiger partial charge in [0.25, 0.3) is 0 Å². The first kappa shape index (κ1) is 20.7. The highest BCUT2D eigenvalue weighted by Gasteiger charge is 2.22. The van der Waals surface area contributed by atoms with Gasteiger partial charge in [-0.15, -0.1) is 5.10 Å². The van der Waals surface area contributed by atoms with Crippen molar-refractivity contribution >= 4 is 40.7 Å². The number of nitrogens with one attached hydrogen (secondary N) is 1. The summed E-state index contributed by atoms with van der Waals surface area (Å²) in [6.07, 6.45) is 1.56. The van der Waals surface area contributed by atoms with Crippen LogP contribution in [0, 0.1) is 24.0 Å². The second-order valence-electron chi connectivity index (χ2n) is 6.31. The molecule has 152 valence electrons. The molecule has 3 rings (SSSR count). The van der Waals surface area contributed by atoms with Crippen molar-refractivity contribution in [3.05, 3.63) is 61.6 Å². The molecular weight excluding hydrogens is 421 g/mol. The molecule has 10 nitrogen and oxygen atoms in total. The van der Waals surface area contributed by atoms with Crippen molar-refractivity contribution in [3.8, 4) is 0 Å². The number of carbonyl (C=O) groups is 1. The van der Waals surface area contributed by atoms with Gasteiger partial charge in [-0.1, -0.05) is 29.3 Å². The quantitative estimate of drug-likeness (QED) is 0.446. The highest BCUT2D eigenvalue weighted by Crippen LogP contribution is 2.23. The minimum Gasteiger partial charge on any atom is -0.293 e. The van der Waals surface area contributed by atoms with Crippen LogP contribution in [0.2, 0.25) is 10.0 Å². The summed E-state index contributed by atoms with van der Waals surface area (Å²) in [6.45, 7) is 3.78. The summed E-state index contributed by atoms with van der Waals surface area (Å²) < 4.78 is 3.00. The Kier molecular flexibility index (Phi) is 6.14. The zero-order valence-electron chi connectivity index (χ0n) is 15.6. The number of benzene rings is 1. The molecule has 0 saturated carbocycles. The minimum absolute atomic E-state index is 0.0341. The van der Waals surface area contributed by atoms with Gasteiger partial charge < -0.3 is 0 Å². The molecule has 1 amide bonds. The van der Waals surface area contributed by atoms with Crippen molar-refractivity contribution in [3.63, 3.8) is 0 Å². The largest absolute Gasteiger partial charge is 0.312 e. The van der Waals surface area contributed by atoms with Crippen LogP contribution in [0.1, 0.15) is 23.4 Å². The average Bonchev–Trinajstić information content (AvgIpc) is 3.19. The first-order valence-corrected chi connectivity index (χ1v) is 9.32. The summed E-state index contributed by atoms with van der Waals surface area (Å²) >= 11 is 11.9. The van der Waals surface area contributed by atoms with E-state index >= 15 is 0 Å². The normalized spacial score (nSPS) is 10.9. The van der Waals surface area contributed by atoms with E-state index in [4.69, 9.17) is 23.2 Å². The lowest BCUT2D eigenvalue weighted by molar-refractivity contribution is -0.386. The van der Waals surface area contributed by atoms with Gasteiger partial charge in [0.2, 0.25) is 11.9 Å². The van der Waals surface area contributed by atoms with E-state index in [1.54, 1.807) is 30.7 Å². The fraction of sp³-hybridized carbons (Fsp3) is 0.294. The lowest BCUT2D eigenvalue weighted by Gasteiger charge is -2.04. The first-order chi connectivity index (χ1) is 13.7. The SMILES string of the molecule is Cc1nn(CCC(=O)Nc2ncn(Cc3ccc(Cl)c(Cl)c3)n2)c(C)c1[N+](=O)[O-]. The molecular formula is C17H17Cl2N7O3. The van der Waals surface area contributed by atoms with Gasteiger partial charge in [-0.05, 0) is 31.5 Å². The summed E-state index contributed by atoms with van der Waals surface area (Å²) in [5.41, 5.74) is 1.57. The number of rotatable bonds is 7. The molecule has 0 aliphatic carbocycles. The molecule has 0 bridgehead atoms. The Balaban J connectivity index is 1.57. The minimum atomic E-state index is -0.474. The maximum atomic E-state index is 12.2. The van der Waals surface area contributed by atoms with E-state index in [1.807, 2.05) is 6.07 Å². The smallest absolute Gasteiger partial charge is 0.293 e. The van der Waals surface area contributed by atoms with E-state index in [0.29, 0.717) is 28.0 Å². The van der Waals surface area contributed by atoms with Crippen LogP contribution in [-0.2, 0) is 17.9 Å². The topological polar surface area (TPSA) is 121 Å². The van der Waals surface area contributed by atoms with Crippen LogP contribution in [0.15, 0.2) is 24.5 Å².